The van der Waals surface area contributed by atoms with Crippen LogP contribution >= 0.6 is 0 Å². The van der Waals surface area contributed by atoms with Crippen LogP contribution in [0, 0.1) is 13.8 Å². The number of hydrogen-bond donors (Lipinski definition) is 0. The van der Waals surface area contributed by atoms with E-state index in [1.807, 2.05) is 52.0 Å². The van der Waals surface area contributed by atoms with Crippen molar-refractivity contribution < 1.29 is 14.1 Å². The number of benzene rings is 2. The van der Waals surface area contributed by atoms with E-state index in [4.69, 9.17) is 14.3 Å². The third kappa shape index (κ3) is 3.69. The van der Waals surface area contributed by atoms with Crippen LogP contribution < -0.4 is 5.46 Å². The number of aliphatic imine (C=N–C) groups is 1. The first-order chi connectivity index (χ1) is 13.6. The van der Waals surface area contributed by atoms with Crippen molar-refractivity contribution in [1.82, 2.24) is 0 Å². The van der Waals surface area contributed by atoms with Crippen molar-refractivity contribution in [3.8, 4) is 0 Å². The minimum Gasteiger partial charge on any atom is -0.399 e. The second-order valence-electron chi connectivity index (χ2n) is 9.23. The topological polar surface area (TPSA) is 47.9 Å². The van der Waals surface area contributed by atoms with E-state index in [1.165, 1.54) is 11.1 Å². The fourth-order valence-corrected chi connectivity index (χ4v) is 3.76. The smallest absolute Gasteiger partial charge is 0.399 e. The van der Waals surface area contributed by atoms with Crippen molar-refractivity contribution in [1.29, 1.82) is 0 Å². The molecule has 0 N–H and O–H groups in total. The molecule has 2 aromatic rings. The van der Waals surface area contributed by atoms with E-state index in [2.05, 4.69) is 26.0 Å². The van der Waals surface area contributed by atoms with Gasteiger partial charge in [0.2, 0.25) is 0 Å². The molecule has 4 nitrogen and oxygen atoms in total. The molecule has 2 aliphatic rings. The molecule has 2 aromatic carbocycles. The average molecular weight is 389 g/mol. The molecule has 0 spiro atoms. The van der Waals surface area contributed by atoms with Crippen LogP contribution in [0.25, 0.3) is 0 Å². The van der Waals surface area contributed by atoms with Gasteiger partial charge in [0.1, 0.15) is 5.78 Å². The van der Waals surface area contributed by atoms with Crippen LogP contribution in [-0.2, 0) is 20.5 Å². The molecule has 2 heterocycles. The maximum Gasteiger partial charge on any atom is 0.494 e. The van der Waals surface area contributed by atoms with E-state index in [9.17, 15) is 4.79 Å². The quantitative estimate of drug-likeness (QED) is 0.722. The van der Waals surface area contributed by atoms with Gasteiger partial charge in [-0.2, -0.15) is 0 Å². The van der Waals surface area contributed by atoms with Gasteiger partial charge in [-0.15, -0.1) is 0 Å². The fraction of sp³-hybridized carbons (Fsp3) is 0.417. The van der Waals surface area contributed by atoms with E-state index < -0.39 is 18.3 Å². The van der Waals surface area contributed by atoms with Gasteiger partial charge >= 0.3 is 7.12 Å². The molecule has 2 aliphatic heterocycles. The number of fused-ring (bicyclic) bond motifs is 1. The molecular weight excluding hydrogens is 361 g/mol. The SMILES string of the molecule is Cc1cc2c(cc1C)N=C(c1cccc(B3OC(C)(C)C(C)(C)O3)c1)CC(=O)C2. The molecule has 0 amide bonds. The molecule has 1 fully saturated rings. The average Bonchev–Trinajstić information content (AvgIpc) is 2.75. The zero-order chi connectivity index (χ0) is 21.0. The Balaban J connectivity index is 1.72. The van der Waals surface area contributed by atoms with E-state index in [0.29, 0.717) is 12.8 Å². The van der Waals surface area contributed by atoms with Crippen LogP contribution in [0.1, 0.15) is 56.4 Å². The highest BCUT2D eigenvalue weighted by Gasteiger charge is 2.51. The molecule has 0 bridgehead atoms. The van der Waals surface area contributed by atoms with Crippen molar-refractivity contribution in [3.05, 3.63) is 58.7 Å². The summed E-state index contributed by atoms with van der Waals surface area (Å²) in [4.78, 5) is 17.5. The fourth-order valence-electron chi connectivity index (χ4n) is 3.76. The highest BCUT2D eigenvalue weighted by molar-refractivity contribution is 6.62. The number of Topliss-reactive ketones (excluding diaryl/α,β-unsaturated/α-hetero) is 1. The Bertz CT molecular complexity index is 1010. The second kappa shape index (κ2) is 6.93. The van der Waals surface area contributed by atoms with Gasteiger partial charge in [0.05, 0.1) is 22.6 Å². The number of rotatable bonds is 2. The van der Waals surface area contributed by atoms with Crippen LogP contribution in [0.4, 0.5) is 5.69 Å². The highest BCUT2D eigenvalue weighted by Crippen LogP contribution is 2.36. The summed E-state index contributed by atoms with van der Waals surface area (Å²) < 4.78 is 12.4. The molecule has 0 radical (unpaired) electrons. The number of carbonyl (C=O) groups is 1. The minimum atomic E-state index is -0.431. The number of ketones is 1. The van der Waals surface area contributed by atoms with Crippen LogP contribution in [0.3, 0.4) is 0 Å². The van der Waals surface area contributed by atoms with Crippen molar-refractivity contribution in [2.75, 3.05) is 0 Å². The van der Waals surface area contributed by atoms with Gasteiger partial charge in [-0.05, 0) is 75.3 Å². The summed E-state index contributed by atoms with van der Waals surface area (Å²) in [6.45, 7) is 12.3. The standard InChI is InChI=1S/C24H28BNO3/c1-15-10-18-13-20(27)14-22(26-21(18)11-16(15)2)17-8-7-9-19(12-17)25-28-23(3,4)24(5,6)29-25/h7-12H,13-14H2,1-6H3. The van der Waals surface area contributed by atoms with E-state index >= 15 is 0 Å². The van der Waals surface area contributed by atoms with Gasteiger partial charge in [-0.25, -0.2) is 0 Å². The van der Waals surface area contributed by atoms with E-state index in [-0.39, 0.29) is 5.78 Å². The van der Waals surface area contributed by atoms with E-state index in [1.54, 1.807) is 0 Å². The van der Waals surface area contributed by atoms with Crippen LogP contribution in [-0.4, -0.2) is 29.8 Å². The molecule has 150 valence electrons. The van der Waals surface area contributed by atoms with E-state index in [0.717, 1.165) is 28.0 Å². The maximum absolute atomic E-state index is 12.6. The lowest BCUT2D eigenvalue weighted by molar-refractivity contribution is -0.117. The Morgan fingerprint density at radius 2 is 1.59 bits per heavy atom. The van der Waals surface area contributed by atoms with Gasteiger partial charge in [0.25, 0.3) is 0 Å². The van der Waals surface area contributed by atoms with Gasteiger partial charge in [-0.1, -0.05) is 30.3 Å². The predicted molar refractivity (Wildman–Crippen MR) is 118 cm³/mol. The van der Waals surface area contributed by atoms with Crippen molar-refractivity contribution in [2.24, 2.45) is 4.99 Å². The predicted octanol–water partition coefficient (Wildman–Crippen LogP) is 4.24. The Morgan fingerprint density at radius 3 is 2.28 bits per heavy atom. The summed E-state index contributed by atoms with van der Waals surface area (Å²) in [6.07, 6.45) is 0.764. The molecule has 1 saturated heterocycles. The zero-order valence-electron chi connectivity index (χ0n) is 18.1. The van der Waals surface area contributed by atoms with Gasteiger partial charge in [-0.3, -0.25) is 9.79 Å². The van der Waals surface area contributed by atoms with Crippen molar-refractivity contribution in [3.63, 3.8) is 0 Å². The molecule has 0 atom stereocenters. The summed E-state index contributed by atoms with van der Waals surface area (Å²) in [6, 6.07) is 12.2. The minimum absolute atomic E-state index is 0.187. The summed E-state index contributed by atoms with van der Waals surface area (Å²) in [5.41, 5.74) is 6.19. The first kappa shape index (κ1) is 20.1. The zero-order valence-corrected chi connectivity index (χ0v) is 18.1. The maximum atomic E-state index is 12.6. The number of nitrogens with zero attached hydrogens (tertiary/aromatic N) is 1. The molecular formula is C24H28BNO3. The highest BCUT2D eigenvalue weighted by atomic mass is 16.7. The largest absolute Gasteiger partial charge is 0.494 e. The lowest BCUT2D eigenvalue weighted by Gasteiger charge is -2.32. The van der Waals surface area contributed by atoms with Gasteiger partial charge in [0.15, 0.2) is 0 Å². The molecule has 5 heteroatoms. The molecule has 0 aliphatic carbocycles. The molecule has 0 unspecified atom stereocenters. The number of carbonyl (C=O) groups excluding carboxylic acids is 1. The Kier molecular flexibility index (Phi) is 4.79. The third-order valence-corrected chi connectivity index (χ3v) is 6.45. The monoisotopic (exact) mass is 389 g/mol. The van der Waals surface area contributed by atoms with Crippen LogP contribution in [0.5, 0.6) is 0 Å². The summed E-state index contributed by atoms with van der Waals surface area (Å²) in [7, 11) is -0.431. The third-order valence-electron chi connectivity index (χ3n) is 6.45. The van der Waals surface area contributed by atoms with Gasteiger partial charge in [0, 0.05) is 12.8 Å². The Hall–Kier alpha value is -2.24. The summed E-state index contributed by atoms with van der Waals surface area (Å²) in [5.74, 6) is 0.187. The van der Waals surface area contributed by atoms with Crippen molar-refractivity contribution >= 4 is 29.8 Å². The molecule has 0 saturated carbocycles. The lowest BCUT2D eigenvalue weighted by atomic mass is 9.78. The molecule has 0 aromatic heterocycles. The Morgan fingerprint density at radius 1 is 0.931 bits per heavy atom. The van der Waals surface area contributed by atoms with Crippen LogP contribution in [0.2, 0.25) is 0 Å². The lowest BCUT2D eigenvalue weighted by Crippen LogP contribution is -2.41. The number of hydrogen-bond acceptors (Lipinski definition) is 4. The molecule has 29 heavy (non-hydrogen) atoms. The first-order valence-electron chi connectivity index (χ1n) is 10.2. The first-order valence-corrected chi connectivity index (χ1v) is 10.2. The van der Waals surface area contributed by atoms with Crippen molar-refractivity contribution in [2.45, 2.75) is 65.6 Å². The Labute approximate surface area is 173 Å². The number of aryl methyl sites for hydroxylation is 2. The second-order valence-corrected chi connectivity index (χ2v) is 9.23. The van der Waals surface area contributed by atoms with Crippen LogP contribution in [0.15, 0.2) is 41.4 Å². The molecule has 4 rings (SSSR count). The normalized spacial score (nSPS) is 20.3. The van der Waals surface area contributed by atoms with Gasteiger partial charge < -0.3 is 9.31 Å². The summed E-state index contributed by atoms with van der Waals surface area (Å²) in [5, 5.41) is 0. The summed E-state index contributed by atoms with van der Waals surface area (Å²) >= 11 is 0.